The number of hydrogen-bond donors (Lipinski definition) is 3. The number of carbonyl (C=O) groups is 2. The second-order valence-electron chi connectivity index (χ2n) is 7.54. The van der Waals surface area contributed by atoms with Crippen LogP contribution < -0.4 is 14.8 Å². The lowest BCUT2D eigenvalue weighted by Crippen LogP contribution is -2.48. The molecular weight excluding hydrogens is 374 g/mol. The second kappa shape index (κ2) is 8.96. The van der Waals surface area contributed by atoms with Crippen molar-refractivity contribution in [2.75, 3.05) is 0 Å². The topological polar surface area (TPSA) is 105 Å². The number of ether oxygens (including phenoxy) is 2. The van der Waals surface area contributed by atoms with Gasteiger partial charge in [0.25, 0.3) is 6.29 Å². The van der Waals surface area contributed by atoms with Gasteiger partial charge in [-0.1, -0.05) is 50.2 Å². The third-order valence-corrected chi connectivity index (χ3v) is 4.71. The molecular formula is C22H25NO6. The molecule has 1 aliphatic rings. The van der Waals surface area contributed by atoms with Crippen molar-refractivity contribution in [3.8, 4) is 11.5 Å². The lowest BCUT2D eigenvalue weighted by molar-refractivity contribution is -0.142. The number of carboxylic acids is 2. The predicted octanol–water partition coefficient (Wildman–Crippen LogP) is 3.24. The number of hydrogen-bond acceptors (Lipinski definition) is 5. The Balaban J connectivity index is 1.65. The van der Waals surface area contributed by atoms with Crippen LogP contribution in [0.2, 0.25) is 0 Å². The van der Waals surface area contributed by atoms with Gasteiger partial charge in [0.05, 0.1) is 0 Å². The van der Waals surface area contributed by atoms with E-state index in [2.05, 4.69) is 5.32 Å². The minimum absolute atomic E-state index is 0.132. The zero-order valence-corrected chi connectivity index (χ0v) is 16.4. The summed E-state index contributed by atoms with van der Waals surface area (Å²) in [6, 6.07) is 12.8. The molecule has 29 heavy (non-hydrogen) atoms. The Labute approximate surface area is 169 Å². The quantitative estimate of drug-likeness (QED) is 0.594. The summed E-state index contributed by atoms with van der Waals surface area (Å²) in [5.41, 5.74) is 1.59. The van der Waals surface area contributed by atoms with Gasteiger partial charge in [0, 0.05) is 5.56 Å². The molecule has 154 valence electrons. The van der Waals surface area contributed by atoms with Crippen molar-refractivity contribution in [3.63, 3.8) is 0 Å². The molecule has 0 aromatic heterocycles. The number of aliphatic carboxylic acids is 2. The van der Waals surface area contributed by atoms with Crippen LogP contribution in [0.15, 0.2) is 48.5 Å². The molecule has 3 N–H and O–H groups in total. The van der Waals surface area contributed by atoms with Gasteiger partial charge in [0.15, 0.2) is 11.5 Å². The molecule has 0 radical (unpaired) electrons. The number of rotatable bonds is 9. The SMILES string of the molecule is CC(C)C[C@H](N[C@@H](Cc1ccc(C2Oc3ccccc3O2)cc1)C(=O)O)C(=O)O. The minimum Gasteiger partial charge on any atom is -0.480 e. The van der Waals surface area contributed by atoms with E-state index in [1.807, 2.05) is 50.2 Å². The summed E-state index contributed by atoms with van der Waals surface area (Å²) in [4.78, 5) is 23.1. The van der Waals surface area contributed by atoms with Crippen molar-refractivity contribution in [1.29, 1.82) is 0 Å². The largest absolute Gasteiger partial charge is 0.480 e. The summed E-state index contributed by atoms with van der Waals surface area (Å²) < 4.78 is 11.5. The fourth-order valence-electron chi connectivity index (χ4n) is 3.25. The molecule has 0 spiro atoms. The van der Waals surface area contributed by atoms with Crippen molar-refractivity contribution in [2.45, 2.75) is 45.1 Å². The van der Waals surface area contributed by atoms with E-state index in [1.54, 1.807) is 12.1 Å². The van der Waals surface area contributed by atoms with Gasteiger partial charge in [0.1, 0.15) is 12.1 Å². The molecule has 1 aliphatic heterocycles. The standard InChI is InChI=1S/C22H25NO6/c1-13(2)11-16(20(24)25)23-17(21(26)27)12-14-7-9-15(10-8-14)22-28-18-5-3-4-6-19(18)29-22/h3-10,13,16-17,22-23H,11-12H2,1-2H3,(H,24,25)(H,26,27)/t16-,17-/m0/s1. The first-order valence-electron chi connectivity index (χ1n) is 9.56. The Kier molecular flexibility index (Phi) is 6.39. The maximum atomic E-state index is 11.7. The first-order chi connectivity index (χ1) is 13.8. The first-order valence-corrected chi connectivity index (χ1v) is 9.56. The van der Waals surface area contributed by atoms with Crippen molar-refractivity contribution < 1.29 is 29.3 Å². The van der Waals surface area contributed by atoms with E-state index < -0.39 is 30.3 Å². The molecule has 2 aromatic rings. The number of para-hydroxylation sites is 2. The maximum Gasteiger partial charge on any atom is 0.321 e. The highest BCUT2D eigenvalue weighted by atomic mass is 16.7. The van der Waals surface area contributed by atoms with E-state index in [0.29, 0.717) is 17.9 Å². The van der Waals surface area contributed by atoms with Gasteiger partial charge in [-0.05, 0) is 36.5 Å². The summed E-state index contributed by atoms with van der Waals surface area (Å²) in [5.74, 6) is -0.631. The molecule has 2 atom stereocenters. The van der Waals surface area contributed by atoms with Gasteiger partial charge >= 0.3 is 11.9 Å². The smallest absolute Gasteiger partial charge is 0.321 e. The molecule has 0 saturated carbocycles. The van der Waals surface area contributed by atoms with Crippen molar-refractivity contribution in [1.82, 2.24) is 5.32 Å². The number of benzene rings is 2. The first kappa shape index (κ1) is 20.7. The average Bonchev–Trinajstić information content (AvgIpc) is 3.11. The molecule has 2 aromatic carbocycles. The van der Waals surface area contributed by atoms with Crippen LogP contribution in [0.4, 0.5) is 0 Å². The number of fused-ring (bicyclic) bond motifs is 1. The Morgan fingerprint density at radius 3 is 1.97 bits per heavy atom. The van der Waals surface area contributed by atoms with Crippen molar-refractivity contribution in [2.24, 2.45) is 5.92 Å². The summed E-state index contributed by atoms with van der Waals surface area (Å²) in [6.45, 7) is 3.80. The lowest BCUT2D eigenvalue weighted by atomic mass is 10.00. The minimum atomic E-state index is -1.08. The van der Waals surface area contributed by atoms with E-state index in [4.69, 9.17) is 9.47 Å². The number of carboxylic acid groups (broad SMARTS) is 2. The Morgan fingerprint density at radius 1 is 0.931 bits per heavy atom. The molecule has 1 heterocycles. The van der Waals surface area contributed by atoms with Gasteiger partial charge in [-0.2, -0.15) is 0 Å². The Morgan fingerprint density at radius 2 is 1.48 bits per heavy atom. The summed E-state index contributed by atoms with van der Waals surface area (Å²) in [5, 5.41) is 21.7. The third-order valence-electron chi connectivity index (χ3n) is 4.71. The Bertz CT molecular complexity index is 839. The fraction of sp³-hybridized carbons (Fsp3) is 0.364. The molecule has 0 bridgehead atoms. The average molecular weight is 399 g/mol. The van der Waals surface area contributed by atoms with Crippen LogP contribution in [0.3, 0.4) is 0 Å². The van der Waals surface area contributed by atoms with Crippen molar-refractivity contribution >= 4 is 11.9 Å². The van der Waals surface area contributed by atoms with Crippen LogP contribution in [-0.4, -0.2) is 34.2 Å². The van der Waals surface area contributed by atoms with Gasteiger partial charge in [0.2, 0.25) is 0 Å². The highest BCUT2D eigenvalue weighted by Gasteiger charge is 2.28. The second-order valence-corrected chi connectivity index (χ2v) is 7.54. The summed E-state index contributed by atoms with van der Waals surface area (Å²) >= 11 is 0. The third kappa shape index (κ3) is 5.26. The predicted molar refractivity (Wildman–Crippen MR) is 106 cm³/mol. The monoisotopic (exact) mass is 399 g/mol. The van der Waals surface area contributed by atoms with E-state index in [9.17, 15) is 19.8 Å². The molecule has 0 aliphatic carbocycles. The van der Waals surface area contributed by atoms with E-state index >= 15 is 0 Å². The van der Waals surface area contributed by atoms with Gasteiger partial charge < -0.3 is 19.7 Å². The van der Waals surface area contributed by atoms with E-state index in [1.165, 1.54) is 0 Å². The van der Waals surface area contributed by atoms with Gasteiger partial charge in [-0.15, -0.1) is 0 Å². The normalized spacial score (nSPS) is 15.3. The lowest BCUT2D eigenvalue weighted by Gasteiger charge is -2.22. The summed E-state index contributed by atoms with van der Waals surface area (Å²) in [6.07, 6.45) is -0.0173. The zero-order valence-electron chi connectivity index (χ0n) is 16.4. The molecule has 0 fully saturated rings. The molecule has 3 rings (SSSR count). The van der Waals surface area contributed by atoms with Gasteiger partial charge in [-0.3, -0.25) is 14.9 Å². The van der Waals surface area contributed by atoms with E-state index in [-0.39, 0.29) is 12.3 Å². The molecule has 0 amide bonds. The fourth-order valence-corrected chi connectivity index (χ4v) is 3.25. The highest BCUT2D eigenvalue weighted by Crippen LogP contribution is 2.39. The maximum absolute atomic E-state index is 11.7. The van der Waals surface area contributed by atoms with Crippen LogP contribution in [0.25, 0.3) is 0 Å². The van der Waals surface area contributed by atoms with Crippen LogP contribution in [0, 0.1) is 5.92 Å². The van der Waals surface area contributed by atoms with Gasteiger partial charge in [-0.25, -0.2) is 0 Å². The molecule has 7 heteroatoms. The Hall–Kier alpha value is -3.06. The van der Waals surface area contributed by atoms with Crippen molar-refractivity contribution in [3.05, 3.63) is 59.7 Å². The van der Waals surface area contributed by atoms with Crippen LogP contribution in [0.5, 0.6) is 11.5 Å². The number of nitrogens with one attached hydrogen (secondary N) is 1. The van der Waals surface area contributed by atoms with E-state index in [0.717, 1.165) is 11.1 Å². The summed E-state index contributed by atoms with van der Waals surface area (Å²) in [7, 11) is 0. The van der Waals surface area contributed by atoms with Crippen LogP contribution in [-0.2, 0) is 16.0 Å². The molecule has 0 saturated heterocycles. The molecule has 0 unspecified atom stereocenters. The highest BCUT2D eigenvalue weighted by molar-refractivity contribution is 5.77. The zero-order chi connectivity index (χ0) is 21.0. The molecule has 7 nitrogen and oxygen atoms in total. The van der Waals surface area contributed by atoms with Crippen LogP contribution >= 0.6 is 0 Å². The van der Waals surface area contributed by atoms with Crippen LogP contribution in [0.1, 0.15) is 37.7 Å².